The molecule has 2 aromatic rings. The normalized spacial score (nSPS) is 16.2. The van der Waals surface area contributed by atoms with Crippen LogP contribution in [-0.2, 0) is 9.63 Å². The fourth-order valence-corrected chi connectivity index (χ4v) is 2.50. The van der Waals surface area contributed by atoms with Crippen LogP contribution in [0.15, 0.2) is 59.8 Å². The van der Waals surface area contributed by atoms with Gasteiger partial charge in [0.15, 0.2) is 0 Å². The van der Waals surface area contributed by atoms with E-state index < -0.39 is 12.0 Å². The van der Waals surface area contributed by atoms with Crippen LogP contribution in [0, 0.1) is 0 Å². The molecule has 0 aromatic heterocycles. The molecule has 3 rings (SSSR count). The van der Waals surface area contributed by atoms with Crippen LogP contribution in [0.3, 0.4) is 0 Å². The van der Waals surface area contributed by atoms with Gasteiger partial charge in [-0.05, 0) is 29.8 Å². The monoisotopic (exact) mass is 323 g/mol. The summed E-state index contributed by atoms with van der Waals surface area (Å²) in [5.74, 6) is -0.702. The van der Waals surface area contributed by atoms with E-state index in [0.717, 1.165) is 11.3 Å². The van der Waals surface area contributed by atoms with Gasteiger partial charge in [0, 0.05) is 24.7 Å². The quantitative estimate of drug-likeness (QED) is 0.933. The van der Waals surface area contributed by atoms with Gasteiger partial charge in [-0.15, -0.1) is 0 Å². The van der Waals surface area contributed by atoms with Crippen LogP contribution >= 0.6 is 0 Å². The first-order valence-electron chi connectivity index (χ1n) is 7.52. The number of oxime groups is 1. The van der Waals surface area contributed by atoms with Crippen molar-refractivity contribution >= 4 is 23.2 Å². The van der Waals surface area contributed by atoms with Crippen LogP contribution in [0.1, 0.15) is 22.3 Å². The summed E-state index contributed by atoms with van der Waals surface area (Å²) < 4.78 is 0. The van der Waals surface area contributed by atoms with Crippen molar-refractivity contribution in [3.8, 4) is 0 Å². The zero-order chi connectivity index (χ0) is 17.1. The highest BCUT2D eigenvalue weighted by atomic mass is 16.6. The number of hydrogen-bond donors (Lipinski definition) is 1. The molecule has 0 saturated heterocycles. The van der Waals surface area contributed by atoms with Crippen molar-refractivity contribution in [3.63, 3.8) is 0 Å². The molecule has 2 aromatic carbocycles. The van der Waals surface area contributed by atoms with Gasteiger partial charge in [0.1, 0.15) is 0 Å². The molecule has 0 radical (unpaired) electrons. The highest BCUT2D eigenvalue weighted by Gasteiger charge is 2.31. The zero-order valence-electron chi connectivity index (χ0n) is 13.2. The highest BCUT2D eigenvalue weighted by Crippen LogP contribution is 2.21. The minimum absolute atomic E-state index is 0.198. The van der Waals surface area contributed by atoms with Gasteiger partial charge in [0.2, 0.25) is 12.0 Å². The zero-order valence-corrected chi connectivity index (χ0v) is 13.2. The van der Waals surface area contributed by atoms with Gasteiger partial charge in [-0.3, -0.25) is 9.59 Å². The Kier molecular flexibility index (Phi) is 4.29. The summed E-state index contributed by atoms with van der Waals surface area (Å²) in [5.41, 5.74) is 7.97. The Balaban J connectivity index is 1.68. The fourth-order valence-electron chi connectivity index (χ4n) is 2.50. The molecule has 24 heavy (non-hydrogen) atoms. The number of benzene rings is 2. The second-order valence-electron chi connectivity index (χ2n) is 5.51. The summed E-state index contributed by atoms with van der Waals surface area (Å²) in [5, 5.41) is 4.03. The molecule has 1 aliphatic rings. The second kappa shape index (κ2) is 6.54. The number of anilines is 1. The standard InChI is InChI=1S/C18H17N3O3/c1-21(14-9-7-13(8-10-14)17(19)22)18(23)16-11-15(20-24-16)12-5-3-2-4-6-12/h2-10,16H,11H2,1H3,(H2,19,22)/t16-/m0/s1. The molecule has 0 saturated carbocycles. The number of hydrogen-bond acceptors (Lipinski definition) is 4. The maximum atomic E-state index is 12.6. The number of likely N-dealkylation sites (N-methyl/N-ethyl adjacent to an activating group) is 1. The number of primary amides is 1. The van der Waals surface area contributed by atoms with Crippen LogP contribution in [0.5, 0.6) is 0 Å². The van der Waals surface area contributed by atoms with Crippen molar-refractivity contribution in [1.29, 1.82) is 0 Å². The summed E-state index contributed by atoms with van der Waals surface area (Å²) in [6.45, 7) is 0. The molecule has 1 heterocycles. The van der Waals surface area contributed by atoms with E-state index in [9.17, 15) is 9.59 Å². The molecule has 1 atom stereocenters. The van der Waals surface area contributed by atoms with E-state index in [1.807, 2.05) is 30.3 Å². The van der Waals surface area contributed by atoms with Gasteiger partial charge in [0.25, 0.3) is 5.91 Å². The number of carbonyl (C=O) groups is 2. The minimum Gasteiger partial charge on any atom is -0.382 e. The third kappa shape index (κ3) is 3.12. The molecular weight excluding hydrogens is 306 g/mol. The summed E-state index contributed by atoms with van der Waals surface area (Å²) in [7, 11) is 1.66. The lowest BCUT2D eigenvalue weighted by molar-refractivity contribution is -0.128. The molecule has 0 bridgehead atoms. The first-order valence-corrected chi connectivity index (χ1v) is 7.52. The van der Waals surface area contributed by atoms with E-state index >= 15 is 0 Å². The van der Waals surface area contributed by atoms with E-state index in [1.165, 1.54) is 4.90 Å². The average molecular weight is 323 g/mol. The molecule has 1 aliphatic heterocycles. The van der Waals surface area contributed by atoms with E-state index in [2.05, 4.69) is 5.16 Å². The smallest absolute Gasteiger partial charge is 0.271 e. The Morgan fingerprint density at radius 3 is 2.42 bits per heavy atom. The van der Waals surface area contributed by atoms with E-state index in [0.29, 0.717) is 17.7 Å². The Labute approximate surface area is 139 Å². The van der Waals surface area contributed by atoms with Gasteiger partial charge < -0.3 is 15.5 Å². The van der Waals surface area contributed by atoms with Crippen LogP contribution in [-0.4, -0.2) is 30.7 Å². The number of carbonyl (C=O) groups excluding carboxylic acids is 2. The van der Waals surface area contributed by atoms with Crippen LogP contribution in [0.2, 0.25) is 0 Å². The minimum atomic E-state index is -0.652. The maximum Gasteiger partial charge on any atom is 0.271 e. The molecule has 0 aliphatic carbocycles. The summed E-state index contributed by atoms with van der Waals surface area (Å²) in [6, 6.07) is 16.1. The van der Waals surface area contributed by atoms with E-state index in [4.69, 9.17) is 10.6 Å². The van der Waals surface area contributed by atoms with Crippen molar-refractivity contribution in [3.05, 3.63) is 65.7 Å². The second-order valence-corrected chi connectivity index (χ2v) is 5.51. The lowest BCUT2D eigenvalue weighted by atomic mass is 10.0. The van der Waals surface area contributed by atoms with Crippen LogP contribution in [0.25, 0.3) is 0 Å². The third-order valence-electron chi connectivity index (χ3n) is 3.92. The predicted octanol–water partition coefficient (Wildman–Crippen LogP) is 1.94. The Morgan fingerprint density at radius 1 is 1.12 bits per heavy atom. The van der Waals surface area contributed by atoms with Crippen molar-refractivity contribution in [2.75, 3.05) is 11.9 Å². The fraction of sp³-hybridized carbons (Fsp3) is 0.167. The van der Waals surface area contributed by atoms with Crippen molar-refractivity contribution in [2.45, 2.75) is 12.5 Å². The molecule has 2 amide bonds. The Bertz CT molecular complexity index is 785. The first kappa shape index (κ1) is 15.7. The predicted molar refractivity (Wildman–Crippen MR) is 90.8 cm³/mol. The van der Waals surface area contributed by atoms with E-state index in [1.54, 1.807) is 31.3 Å². The molecule has 0 unspecified atom stereocenters. The molecular formula is C18H17N3O3. The number of nitrogens with zero attached hydrogens (tertiary/aromatic N) is 2. The van der Waals surface area contributed by atoms with Crippen LogP contribution < -0.4 is 10.6 Å². The Morgan fingerprint density at radius 2 is 1.79 bits per heavy atom. The number of nitrogens with two attached hydrogens (primary N) is 1. The van der Waals surface area contributed by atoms with Crippen molar-refractivity contribution in [1.82, 2.24) is 0 Å². The summed E-state index contributed by atoms with van der Waals surface area (Å²) in [6.07, 6.45) is -0.229. The number of rotatable bonds is 4. The van der Waals surface area contributed by atoms with Gasteiger partial charge >= 0.3 is 0 Å². The van der Waals surface area contributed by atoms with Gasteiger partial charge in [0.05, 0.1) is 5.71 Å². The SMILES string of the molecule is CN(C(=O)[C@@H]1CC(c2ccccc2)=NO1)c1ccc(C(N)=O)cc1. The van der Waals surface area contributed by atoms with Crippen molar-refractivity contribution < 1.29 is 14.4 Å². The molecule has 0 fully saturated rings. The molecule has 6 heteroatoms. The number of amides is 2. The third-order valence-corrected chi connectivity index (χ3v) is 3.92. The Hall–Kier alpha value is -3.15. The largest absolute Gasteiger partial charge is 0.382 e. The van der Waals surface area contributed by atoms with E-state index in [-0.39, 0.29) is 5.91 Å². The molecule has 122 valence electrons. The first-order chi connectivity index (χ1) is 11.6. The van der Waals surface area contributed by atoms with Crippen molar-refractivity contribution in [2.24, 2.45) is 10.9 Å². The average Bonchev–Trinajstić information content (AvgIpc) is 3.11. The lowest BCUT2D eigenvalue weighted by Crippen LogP contribution is -2.36. The topological polar surface area (TPSA) is 85.0 Å². The highest BCUT2D eigenvalue weighted by molar-refractivity contribution is 6.06. The van der Waals surface area contributed by atoms with Gasteiger partial charge in [-0.25, -0.2) is 0 Å². The molecule has 6 nitrogen and oxygen atoms in total. The maximum absolute atomic E-state index is 12.6. The van der Waals surface area contributed by atoms with Gasteiger partial charge in [-0.1, -0.05) is 35.5 Å². The lowest BCUT2D eigenvalue weighted by Gasteiger charge is -2.20. The molecule has 0 spiro atoms. The van der Waals surface area contributed by atoms with Gasteiger partial charge in [-0.2, -0.15) is 0 Å². The summed E-state index contributed by atoms with van der Waals surface area (Å²) in [4.78, 5) is 30.5. The summed E-state index contributed by atoms with van der Waals surface area (Å²) >= 11 is 0. The van der Waals surface area contributed by atoms with Crippen LogP contribution in [0.4, 0.5) is 5.69 Å². The molecule has 2 N–H and O–H groups in total.